The van der Waals surface area contributed by atoms with E-state index in [1.807, 2.05) is 5.38 Å². The molecule has 0 aliphatic carbocycles. The maximum Gasteiger partial charge on any atom is 0.261 e. The van der Waals surface area contributed by atoms with Crippen molar-refractivity contribution < 1.29 is 18.8 Å². The molecule has 0 bridgehead atoms. The zero-order chi connectivity index (χ0) is 22.2. The molecule has 3 amide bonds. The Kier molecular flexibility index (Phi) is 4.98. The van der Waals surface area contributed by atoms with Crippen LogP contribution in [0.25, 0.3) is 16.2 Å². The number of fused-ring (bicyclic) bond motifs is 2. The number of halogens is 1. The second kappa shape index (κ2) is 7.97. The average Bonchev–Trinajstić information content (AvgIpc) is 3.43. The third kappa shape index (κ3) is 3.54. The van der Waals surface area contributed by atoms with E-state index in [9.17, 15) is 18.8 Å². The fourth-order valence-corrected chi connectivity index (χ4v) is 4.41. The van der Waals surface area contributed by atoms with Crippen molar-refractivity contribution in [3.8, 4) is 11.3 Å². The molecule has 0 unspecified atom stereocenters. The summed E-state index contributed by atoms with van der Waals surface area (Å²) in [5.74, 6) is -1.16. The molecule has 1 aliphatic rings. The summed E-state index contributed by atoms with van der Waals surface area (Å²) in [6, 6.07) is 12.7. The molecule has 3 heterocycles. The summed E-state index contributed by atoms with van der Waals surface area (Å²) in [6.07, 6.45) is 0.422. The zero-order valence-electron chi connectivity index (χ0n) is 16.6. The molecule has 2 aromatic heterocycles. The number of imide groups is 1. The molecular formula is C22H16FN5O3S. The summed E-state index contributed by atoms with van der Waals surface area (Å²) >= 11 is 1.35. The fraction of sp³-hybridized carbons (Fsp3) is 0.136. The smallest absolute Gasteiger partial charge is 0.261 e. The van der Waals surface area contributed by atoms with Gasteiger partial charge in [-0.2, -0.15) is 4.98 Å². The molecule has 1 N–H and O–H groups in total. The van der Waals surface area contributed by atoms with Crippen molar-refractivity contribution in [3.05, 3.63) is 70.9 Å². The third-order valence-electron chi connectivity index (χ3n) is 5.14. The van der Waals surface area contributed by atoms with Gasteiger partial charge in [-0.3, -0.25) is 24.6 Å². The highest BCUT2D eigenvalue weighted by atomic mass is 32.1. The Labute approximate surface area is 185 Å². The minimum absolute atomic E-state index is 0.102. The lowest BCUT2D eigenvalue weighted by Crippen LogP contribution is -2.31. The van der Waals surface area contributed by atoms with E-state index in [0.29, 0.717) is 22.5 Å². The molecule has 4 aromatic rings. The number of aromatic nitrogens is 3. The van der Waals surface area contributed by atoms with Crippen LogP contribution in [0.15, 0.2) is 53.9 Å². The molecule has 0 atom stereocenters. The highest BCUT2D eigenvalue weighted by molar-refractivity contribution is 7.15. The van der Waals surface area contributed by atoms with E-state index >= 15 is 0 Å². The number of nitrogens with zero attached hydrogens (tertiary/aromatic N) is 4. The predicted octanol–water partition coefficient (Wildman–Crippen LogP) is 3.61. The number of anilines is 1. The van der Waals surface area contributed by atoms with Gasteiger partial charge in [-0.05, 0) is 42.8 Å². The summed E-state index contributed by atoms with van der Waals surface area (Å²) in [5.41, 5.74) is 2.30. The molecule has 1 aliphatic heterocycles. The van der Waals surface area contributed by atoms with Crippen LogP contribution in [0.2, 0.25) is 0 Å². The first-order chi connectivity index (χ1) is 15.5. The van der Waals surface area contributed by atoms with Gasteiger partial charge in [0.25, 0.3) is 11.8 Å². The molecule has 0 radical (unpaired) electrons. The number of hydrogen-bond donors (Lipinski definition) is 1. The molecule has 0 fully saturated rings. The van der Waals surface area contributed by atoms with Gasteiger partial charge < -0.3 is 0 Å². The molecule has 2 aromatic carbocycles. The largest absolute Gasteiger partial charge is 0.293 e. The molecule has 160 valence electrons. The van der Waals surface area contributed by atoms with Crippen molar-refractivity contribution in [2.24, 2.45) is 0 Å². The number of nitrogens with one attached hydrogen (secondary N) is 1. The minimum atomic E-state index is -0.338. The van der Waals surface area contributed by atoms with Gasteiger partial charge in [0.1, 0.15) is 5.82 Å². The molecule has 0 saturated heterocycles. The second-order valence-corrected chi connectivity index (χ2v) is 8.05. The first kappa shape index (κ1) is 20.0. The van der Waals surface area contributed by atoms with Gasteiger partial charge in [-0.1, -0.05) is 12.1 Å². The number of benzene rings is 2. The van der Waals surface area contributed by atoms with E-state index in [1.54, 1.807) is 40.9 Å². The minimum Gasteiger partial charge on any atom is -0.293 e. The van der Waals surface area contributed by atoms with Gasteiger partial charge in [0, 0.05) is 23.9 Å². The Bertz CT molecular complexity index is 1330. The van der Waals surface area contributed by atoms with Crippen molar-refractivity contribution in [1.29, 1.82) is 0 Å². The number of thiazole rings is 1. The number of rotatable bonds is 6. The van der Waals surface area contributed by atoms with E-state index < -0.39 is 0 Å². The van der Waals surface area contributed by atoms with Crippen molar-refractivity contribution in [2.75, 3.05) is 11.9 Å². The van der Waals surface area contributed by atoms with Gasteiger partial charge in [-0.25, -0.2) is 8.91 Å². The SMILES string of the molecule is O=C(CCCN1C(=O)c2ccccc2C1=O)Nc1nc2scc(-c3ccc(F)cc3)n2n1. The number of carbonyl (C=O) groups is 3. The molecule has 0 spiro atoms. The van der Waals surface area contributed by atoms with Gasteiger partial charge in [0.2, 0.25) is 16.8 Å². The number of amides is 3. The Hall–Kier alpha value is -3.92. The first-order valence-electron chi connectivity index (χ1n) is 9.86. The van der Waals surface area contributed by atoms with Crippen LogP contribution < -0.4 is 5.32 Å². The van der Waals surface area contributed by atoms with Crippen LogP contribution in [0.1, 0.15) is 33.6 Å². The van der Waals surface area contributed by atoms with Gasteiger partial charge in [0.15, 0.2) is 0 Å². The molecule has 8 nitrogen and oxygen atoms in total. The summed E-state index contributed by atoms with van der Waals surface area (Å²) in [7, 11) is 0. The van der Waals surface area contributed by atoms with Crippen LogP contribution in [0, 0.1) is 5.82 Å². The lowest BCUT2D eigenvalue weighted by Gasteiger charge is -2.13. The van der Waals surface area contributed by atoms with Crippen molar-refractivity contribution in [2.45, 2.75) is 12.8 Å². The van der Waals surface area contributed by atoms with E-state index in [2.05, 4.69) is 15.4 Å². The Morgan fingerprint density at radius 1 is 1.03 bits per heavy atom. The lowest BCUT2D eigenvalue weighted by molar-refractivity contribution is -0.116. The maximum atomic E-state index is 13.2. The maximum absolute atomic E-state index is 13.2. The highest BCUT2D eigenvalue weighted by Gasteiger charge is 2.34. The molecule has 32 heavy (non-hydrogen) atoms. The monoisotopic (exact) mass is 449 g/mol. The predicted molar refractivity (Wildman–Crippen MR) is 116 cm³/mol. The normalized spacial score (nSPS) is 13.1. The first-order valence-corrected chi connectivity index (χ1v) is 10.7. The van der Waals surface area contributed by atoms with Crippen LogP contribution in [-0.4, -0.2) is 43.8 Å². The van der Waals surface area contributed by atoms with E-state index in [-0.39, 0.29) is 42.5 Å². The number of carbonyl (C=O) groups excluding carboxylic acids is 3. The standard InChI is InChI=1S/C22H16FN5O3S/c23-14-9-7-13(8-10-14)17-12-32-22-25-21(26-28(17)22)24-18(29)6-3-11-27-19(30)15-4-1-2-5-16(15)20(27)31/h1-2,4-5,7-10,12H,3,6,11H2,(H,24,26,29). The van der Waals surface area contributed by atoms with E-state index in [4.69, 9.17) is 0 Å². The molecular weight excluding hydrogens is 433 g/mol. The molecule has 10 heteroatoms. The average molecular weight is 449 g/mol. The van der Waals surface area contributed by atoms with Crippen molar-refractivity contribution in [1.82, 2.24) is 19.5 Å². The Morgan fingerprint density at radius 3 is 2.41 bits per heavy atom. The molecule has 5 rings (SSSR count). The topological polar surface area (TPSA) is 96.7 Å². The third-order valence-corrected chi connectivity index (χ3v) is 5.95. The number of hydrogen-bond acceptors (Lipinski definition) is 6. The lowest BCUT2D eigenvalue weighted by atomic mass is 10.1. The van der Waals surface area contributed by atoms with Crippen LogP contribution in [0.4, 0.5) is 10.3 Å². The van der Waals surface area contributed by atoms with Crippen molar-refractivity contribution >= 4 is 40.0 Å². The summed E-state index contributed by atoms with van der Waals surface area (Å²) < 4.78 is 14.8. The summed E-state index contributed by atoms with van der Waals surface area (Å²) in [5, 5.41) is 8.82. The van der Waals surface area contributed by atoms with Crippen LogP contribution in [0.5, 0.6) is 0 Å². The fourth-order valence-electron chi connectivity index (χ4n) is 3.58. The van der Waals surface area contributed by atoms with Crippen LogP contribution in [-0.2, 0) is 4.79 Å². The van der Waals surface area contributed by atoms with Crippen LogP contribution in [0.3, 0.4) is 0 Å². The molecule has 0 saturated carbocycles. The Balaban J connectivity index is 1.20. The second-order valence-electron chi connectivity index (χ2n) is 7.22. The van der Waals surface area contributed by atoms with Gasteiger partial charge in [0.05, 0.1) is 16.8 Å². The van der Waals surface area contributed by atoms with Crippen LogP contribution >= 0.6 is 11.3 Å². The summed E-state index contributed by atoms with van der Waals surface area (Å²) in [6.45, 7) is 0.153. The van der Waals surface area contributed by atoms with Gasteiger partial charge >= 0.3 is 0 Å². The summed E-state index contributed by atoms with van der Waals surface area (Å²) in [4.78, 5) is 43.1. The highest BCUT2D eigenvalue weighted by Crippen LogP contribution is 2.26. The quantitative estimate of drug-likeness (QED) is 0.454. The van der Waals surface area contributed by atoms with Gasteiger partial charge in [-0.15, -0.1) is 16.4 Å². The zero-order valence-corrected chi connectivity index (χ0v) is 17.4. The Morgan fingerprint density at radius 2 is 1.72 bits per heavy atom. The van der Waals surface area contributed by atoms with E-state index in [0.717, 1.165) is 16.2 Å². The van der Waals surface area contributed by atoms with Crippen molar-refractivity contribution in [3.63, 3.8) is 0 Å². The van der Waals surface area contributed by atoms with E-state index in [1.165, 1.54) is 23.5 Å².